The van der Waals surface area contributed by atoms with Gasteiger partial charge in [-0.15, -0.1) is 0 Å². The molecule has 64 valence electrons. The number of aromatic amines is 1. The first-order valence-electron chi connectivity index (χ1n) is 4.26. The number of rotatable bonds is 2. The Kier molecular flexibility index (Phi) is 2.01. The number of hydrogen-bond donors (Lipinski definition) is 1. The average molecular weight is 169 g/mol. The van der Waals surface area contributed by atoms with Crippen molar-refractivity contribution in [1.82, 2.24) is 4.98 Å². The van der Waals surface area contributed by atoms with Gasteiger partial charge in [0.2, 0.25) is 0 Å². The third-order valence-corrected chi connectivity index (χ3v) is 2.03. The minimum absolute atomic E-state index is 1.14. The van der Waals surface area contributed by atoms with E-state index in [4.69, 9.17) is 0 Å². The topological polar surface area (TPSA) is 15.8 Å². The van der Waals surface area contributed by atoms with Crippen molar-refractivity contribution in [3.8, 4) is 11.3 Å². The molecule has 0 aliphatic heterocycles. The van der Waals surface area contributed by atoms with E-state index in [-0.39, 0.29) is 0 Å². The van der Waals surface area contributed by atoms with E-state index in [1.165, 1.54) is 5.56 Å². The Morgan fingerprint density at radius 3 is 2.77 bits per heavy atom. The number of benzene rings is 1. The van der Waals surface area contributed by atoms with Crippen molar-refractivity contribution in [2.45, 2.75) is 0 Å². The second kappa shape index (κ2) is 3.31. The predicted octanol–water partition coefficient (Wildman–Crippen LogP) is 3.32. The summed E-state index contributed by atoms with van der Waals surface area (Å²) in [6, 6.07) is 12.3. The average Bonchev–Trinajstić information content (AvgIpc) is 2.71. The molecule has 0 saturated heterocycles. The van der Waals surface area contributed by atoms with E-state index in [1.54, 1.807) is 0 Å². The zero-order valence-corrected chi connectivity index (χ0v) is 7.33. The van der Waals surface area contributed by atoms with Crippen LogP contribution in [0.2, 0.25) is 0 Å². The maximum absolute atomic E-state index is 3.74. The largest absolute Gasteiger partial charge is 0.361 e. The first-order chi connectivity index (χ1) is 6.40. The van der Waals surface area contributed by atoms with Crippen LogP contribution in [-0.2, 0) is 0 Å². The highest BCUT2D eigenvalue weighted by Crippen LogP contribution is 2.18. The Labute approximate surface area is 77.7 Å². The summed E-state index contributed by atoms with van der Waals surface area (Å²) in [7, 11) is 0. The molecule has 2 aromatic rings. The van der Waals surface area contributed by atoms with Gasteiger partial charge in [-0.3, -0.25) is 0 Å². The number of aromatic nitrogens is 1. The van der Waals surface area contributed by atoms with Gasteiger partial charge in [0.25, 0.3) is 0 Å². The minimum atomic E-state index is 1.14. The van der Waals surface area contributed by atoms with Gasteiger partial charge in [0.15, 0.2) is 0 Å². The standard InChI is InChI=1S/C12H11N/c1-2-10-5-3-6-11(9-10)12-7-4-8-13-12/h2-9,13H,1H2. The summed E-state index contributed by atoms with van der Waals surface area (Å²) in [5.41, 5.74) is 3.48. The molecular formula is C12H11N. The molecule has 13 heavy (non-hydrogen) atoms. The fourth-order valence-electron chi connectivity index (χ4n) is 1.34. The fraction of sp³-hybridized carbons (Fsp3) is 0. The Balaban J connectivity index is 2.47. The lowest BCUT2D eigenvalue weighted by Gasteiger charge is -1.99. The van der Waals surface area contributed by atoms with Crippen LogP contribution in [-0.4, -0.2) is 4.98 Å². The molecule has 0 spiro atoms. The third kappa shape index (κ3) is 1.54. The second-order valence-corrected chi connectivity index (χ2v) is 2.91. The van der Waals surface area contributed by atoms with Gasteiger partial charge >= 0.3 is 0 Å². The fourth-order valence-corrected chi connectivity index (χ4v) is 1.34. The van der Waals surface area contributed by atoms with Crippen LogP contribution in [0.15, 0.2) is 49.2 Å². The van der Waals surface area contributed by atoms with Crippen LogP contribution in [0.3, 0.4) is 0 Å². The van der Waals surface area contributed by atoms with Gasteiger partial charge in [0.1, 0.15) is 0 Å². The van der Waals surface area contributed by atoms with E-state index < -0.39 is 0 Å². The Morgan fingerprint density at radius 1 is 1.15 bits per heavy atom. The first-order valence-corrected chi connectivity index (χ1v) is 4.26. The Hall–Kier alpha value is -1.76. The van der Waals surface area contributed by atoms with Gasteiger partial charge in [0.05, 0.1) is 0 Å². The van der Waals surface area contributed by atoms with Crippen molar-refractivity contribution in [3.05, 3.63) is 54.7 Å². The highest BCUT2D eigenvalue weighted by molar-refractivity contribution is 5.63. The van der Waals surface area contributed by atoms with Crippen molar-refractivity contribution < 1.29 is 0 Å². The molecule has 0 aliphatic rings. The number of hydrogen-bond acceptors (Lipinski definition) is 0. The zero-order chi connectivity index (χ0) is 9.10. The molecule has 1 heterocycles. The molecule has 0 aliphatic carbocycles. The predicted molar refractivity (Wildman–Crippen MR) is 56.3 cm³/mol. The van der Waals surface area contributed by atoms with Crippen molar-refractivity contribution in [2.75, 3.05) is 0 Å². The van der Waals surface area contributed by atoms with Crippen molar-refractivity contribution >= 4 is 6.08 Å². The van der Waals surface area contributed by atoms with E-state index in [0.717, 1.165) is 11.3 Å². The molecule has 0 saturated carbocycles. The van der Waals surface area contributed by atoms with Crippen LogP contribution in [0.25, 0.3) is 17.3 Å². The summed E-state index contributed by atoms with van der Waals surface area (Å²) in [5.74, 6) is 0. The number of H-pyrrole nitrogens is 1. The van der Waals surface area contributed by atoms with Gasteiger partial charge in [-0.25, -0.2) is 0 Å². The van der Waals surface area contributed by atoms with E-state index in [1.807, 2.05) is 30.5 Å². The maximum atomic E-state index is 3.74. The molecule has 1 N–H and O–H groups in total. The zero-order valence-electron chi connectivity index (χ0n) is 7.33. The lowest BCUT2D eigenvalue weighted by Crippen LogP contribution is -1.77. The summed E-state index contributed by atoms with van der Waals surface area (Å²) >= 11 is 0. The van der Waals surface area contributed by atoms with Crippen LogP contribution >= 0.6 is 0 Å². The monoisotopic (exact) mass is 169 g/mol. The number of nitrogens with one attached hydrogen (secondary N) is 1. The van der Waals surface area contributed by atoms with E-state index in [0.29, 0.717) is 0 Å². The van der Waals surface area contributed by atoms with Crippen LogP contribution in [0.4, 0.5) is 0 Å². The van der Waals surface area contributed by atoms with Gasteiger partial charge in [0, 0.05) is 11.9 Å². The minimum Gasteiger partial charge on any atom is -0.361 e. The molecule has 1 aromatic heterocycles. The molecule has 0 amide bonds. The Bertz CT molecular complexity index is 399. The van der Waals surface area contributed by atoms with Crippen LogP contribution < -0.4 is 0 Å². The third-order valence-electron chi connectivity index (χ3n) is 2.03. The second-order valence-electron chi connectivity index (χ2n) is 2.91. The Morgan fingerprint density at radius 2 is 2.08 bits per heavy atom. The SMILES string of the molecule is C=Cc1cccc(-c2ccc[nH]2)c1. The van der Waals surface area contributed by atoms with E-state index >= 15 is 0 Å². The normalized spacial score (nSPS) is 9.85. The van der Waals surface area contributed by atoms with Gasteiger partial charge < -0.3 is 4.98 Å². The quantitative estimate of drug-likeness (QED) is 0.709. The smallest absolute Gasteiger partial charge is 0.0454 e. The molecule has 0 fully saturated rings. The van der Waals surface area contributed by atoms with Crippen molar-refractivity contribution in [3.63, 3.8) is 0 Å². The molecule has 0 bridgehead atoms. The molecule has 0 unspecified atom stereocenters. The molecule has 1 heteroatoms. The van der Waals surface area contributed by atoms with E-state index in [2.05, 4.69) is 29.8 Å². The summed E-state index contributed by atoms with van der Waals surface area (Å²) < 4.78 is 0. The lowest BCUT2D eigenvalue weighted by atomic mass is 10.1. The molecular weight excluding hydrogens is 158 g/mol. The van der Waals surface area contributed by atoms with Crippen molar-refractivity contribution in [1.29, 1.82) is 0 Å². The molecule has 1 nitrogen and oxygen atoms in total. The summed E-state index contributed by atoms with van der Waals surface area (Å²) in [6.45, 7) is 3.74. The van der Waals surface area contributed by atoms with Gasteiger partial charge in [-0.2, -0.15) is 0 Å². The maximum Gasteiger partial charge on any atom is 0.0454 e. The summed E-state index contributed by atoms with van der Waals surface area (Å²) in [6.07, 6.45) is 3.78. The molecule has 0 radical (unpaired) electrons. The van der Waals surface area contributed by atoms with Crippen LogP contribution in [0.1, 0.15) is 5.56 Å². The van der Waals surface area contributed by atoms with Crippen molar-refractivity contribution in [2.24, 2.45) is 0 Å². The molecule has 1 aromatic carbocycles. The summed E-state index contributed by atoms with van der Waals surface area (Å²) in [5, 5.41) is 0. The van der Waals surface area contributed by atoms with E-state index in [9.17, 15) is 0 Å². The van der Waals surface area contributed by atoms with Gasteiger partial charge in [-0.1, -0.05) is 30.9 Å². The highest BCUT2D eigenvalue weighted by Gasteiger charge is 1.96. The summed E-state index contributed by atoms with van der Waals surface area (Å²) in [4.78, 5) is 3.17. The lowest BCUT2D eigenvalue weighted by molar-refractivity contribution is 1.40. The first kappa shape index (κ1) is 7.87. The van der Waals surface area contributed by atoms with Crippen LogP contribution in [0.5, 0.6) is 0 Å². The van der Waals surface area contributed by atoms with Gasteiger partial charge in [-0.05, 0) is 29.3 Å². The highest BCUT2D eigenvalue weighted by atomic mass is 14.7. The molecule has 0 atom stereocenters. The molecule has 2 rings (SSSR count). The van der Waals surface area contributed by atoms with Crippen LogP contribution in [0, 0.1) is 0 Å².